The lowest BCUT2D eigenvalue weighted by Crippen LogP contribution is -2.53. The third-order valence-corrected chi connectivity index (χ3v) is 2.71. The average Bonchev–Trinajstić information content (AvgIpc) is 2.36. The highest BCUT2D eigenvalue weighted by molar-refractivity contribution is 5.87. The highest BCUT2D eigenvalue weighted by Gasteiger charge is 2.37. The number of rotatable bonds is 4. The standard InChI is InChI=1S/C11H18F3N3O3/c1-16(2)9(18)6-17(7-11(12,13)14)10(19)8-5-15-3-4-20-8/h8,15H,3-7H2,1-2H3. The minimum Gasteiger partial charge on any atom is -0.366 e. The van der Waals surface area contributed by atoms with E-state index >= 15 is 0 Å². The fraction of sp³-hybridized carbons (Fsp3) is 0.818. The first-order valence-corrected chi connectivity index (χ1v) is 6.08. The van der Waals surface area contributed by atoms with Gasteiger partial charge in [-0.1, -0.05) is 0 Å². The van der Waals surface area contributed by atoms with Crippen LogP contribution in [0.2, 0.25) is 0 Å². The predicted octanol–water partition coefficient (Wildman–Crippen LogP) is -0.546. The van der Waals surface area contributed by atoms with Crippen LogP contribution in [0, 0.1) is 0 Å². The molecule has 0 radical (unpaired) electrons. The molecule has 0 aliphatic carbocycles. The van der Waals surface area contributed by atoms with Crippen LogP contribution in [0.3, 0.4) is 0 Å². The Morgan fingerprint density at radius 2 is 2.00 bits per heavy atom. The van der Waals surface area contributed by atoms with E-state index in [1.165, 1.54) is 14.1 Å². The molecule has 2 amide bonds. The van der Waals surface area contributed by atoms with E-state index in [0.29, 0.717) is 11.4 Å². The van der Waals surface area contributed by atoms with Crippen LogP contribution in [0.15, 0.2) is 0 Å². The molecule has 0 spiro atoms. The summed E-state index contributed by atoms with van der Waals surface area (Å²) < 4.78 is 42.7. The van der Waals surface area contributed by atoms with Crippen molar-refractivity contribution in [2.75, 3.05) is 46.9 Å². The van der Waals surface area contributed by atoms with Gasteiger partial charge in [0.15, 0.2) is 0 Å². The number of amides is 2. The zero-order valence-electron chi connectivity index (χ0n) is 11.4. The van der Waals surface area contributed by atoms with Crippen LogP contribution in [-0.2, 0) is 14.3 Å². The molecule has 20 heavy (non-hydrogen) atoms. The Morgan fingerprint density at radius 3 is 2.45 bits per heavy atom. The number of hydrogen-bond donors (Lipinski definition) is 1. The van der Waals surface area contributed by atoms with Crippen molar-refractivity contribution in [2.24, 2.45) is 0 Å². The van der Waals surface area contributed by atoms with Crippen molar-refractivity contribution < 1.29 is 27.5 Å². The Bertz CT molecular complexity index is 355. The molecule has 0 aromatic heterocycles. The number of carbonyl (C=O) groups is 2. The summed E-state index contributed by atoms with van der Waals surface area (Å²) in [6.07, 6.45) is -5.55. The number of nitrogens with zero attached hydrogens (tertiary/aromatic N) is 2. The Morgan fingerprint density at radius 1 is 1.35 bits per heavy atom. The van der Waals surface area contributed by atoms with Gasteiger partial charge in [0.25, 0.3) is 5.91 Å². The topological polar surface area (TPSA) is 61.9 Å². The van der Waals surface area contributed by atoms with Gasteiger partial charge in [-0.3, -0.25) is 9.59 Å². The Kier molecular flexibility index (Phi) is 5.75. The minimum absolute atomic E-state index is 0.142. The average molecular weight is 297 g/mol. The van der Waals surface area contributed by atoms with Crippen molar-refractivity contribution in [2.45, 2.75) is 12.3 Å². The zero-order chi connectivity index (χ0) is 15.3. The van der Waals surface area contributed by atoms with Crippen LogP contribution in [-0.4, -0.2) is 80.8 Å². The molecular weight excluding hydrogens is 279 g/mol. The van der Waals surface area contributed by atoms with Crippen molar-refractivity contribution in [3.8, 4) is 0 Å². The molecule has 1 N–H and O–H groups in total. The normalized spacial score (nSPS) is 19.6. The van der Waals surface area contributed by atoms with Gasteiger partial charge >= 0.3 is 6.18 Å². The molecule has 1 unspecified atom stereocenters. The first-order chi connectivity index (χ1) is 9.20. The predicted molar refractivity (Wildman–Crippen MR) is 63.9 cm³/mol. The SMILES string of the molecule is CN(C)C(=O)CN(CC(F)(F)F)C(=O)C1CNCCO1. The van der Waals surface area contributed by atoms with Crippen LogP contribution in [0.5, 0.6) is 0 Å². The Balaban J connectivity index is 2.74. The first-order valence-electron chi connectivity index (χ1n) is 6.08. The molecule has 1 atom stereocenters. The minimum atomic E-state index is -4.57. The van der Waals surface area contributed by atoms with Gasteiger partial charge in [-0.15, -0.1) is 0 Å². The largest absolute Gasteiger partial charge is 0.406 e. The van der Waals surface area contributed by atoms with Gasteiger partial charge in [0.2, 0.25) is 5.91 Å². The number of carbonyl (C=O) groups excluding carboxylic acids is 2. The molecule has 1 fully saturated rings. The van der Waals surface area contributed by atoms with Crippen LogP contribution < -0.4 is 5.32 Å². The van der Waals surface area contributed by atoms with Gasteiger partial charge < -0.3 is 19.9 Å². The van der Waals surface area contributed by atoms with E-state index in [1.807, 2.05) is 0 Å². The van der Waals surface area contributed by atoms with Crippen molar-refractivity contribution in [1.82, 2.24) is 15.1 Å². The molecule has 6 nitrogen and oxygen atoms in total. The second-order valence-electron chi connectivity index (χ2n) is 4.66. The van der Waals surface area contributed by atoms with E-state index in [4.69, 9.17) is 4.74 Å². The van der Waals surface area contributed by atoms with Gasteiger partial charge in [0.1, 0.15) is 19.2 Å². The molecule has 1 saturated heterocycles. The number of morpholine rings is 1. The summed E-state index contributed by atoms with van der Waals surface area (Å²) in [7, 11) is 2.83. The molecule has 1 aliphatic rings. The second-order valence-corrected chi connectivity index (χ2v) is 4.66. The van der Waals surface area contributed by atoms with Crippen LogP contribution in [0.1, 0.15) is 0 Å². The number of nitrogens with one attached hydrogen (secondary N) is 1. The van der Waals surface area contributed by atoms with Crippen LogP contribution in [0.25, 0.3) is 0 Å². The lowest BCUT2D eigenvalue weighted by atomic mass is 10.2. The van der Waals surface area contributed by atoms with E-state index < -0.39 is 37.2 Å². The van der Waals surface area contributed by atoms with Crippen molar-refractivity contribution >= 4 is 11.8 Å². The fourth-order valence-electron chi connectivity index (χ4n) is 1.66. The number of halogens is 3. The number of ether oxygens (including phenoxy) is 1. The quantitative estimate of drug-likeness (QED) is 0.757. The van der Waals surface area contributed by atoms with Crippen molar-refractivity contribution in [3.63, 3.8) is 0 Å². The van der Waals surface area contributed by atoms with E-state index in [9.17, 15) is 22.8 Å². The third-order valence-electron chi connectivity index (χ3n) is 2.71. The summed E-state index contributed by atoms with van der Waals surface area (Å²) in [5, 5.41) is 2.86. The molecule has 116 valence electrons. The lowest BCUT2D eigenvalue weighted by Gasteiger charge is -2.30. The summed E-state index contributed by atoms with van der Waals surface area (Å²) in [5.41, 5.74) is 0. The van der Waals surface area contributed by atoms with E-state index in [2.05, 4.69) is 5.32 Å². The van der Waals surface area contributed by atoms with E-state index in [0.717, 1.165) is 4.90 Å². The van der Waals surface area contributed by atoms with Gasteiger partial charge in [-0.2, -0.15) is 13.2 Å². The molecule has 0 aromatic carbocycles. The summed E-state index contributed by atoms with van der Waals surface area (Å²) in [5.74, 6) is -1.41. The van der Waals surface area contributed by atoms with Gasteiger partial charge in [0, 0.05) is 27.2 Å². The van der Waals surface area contributed by atoms with E-state index in [-0.39, 0.29) is 13.2 Å². The molecule has 0 bridgehead atoms. The van der Waals surface area contributed by atoms with Crippen molar-refractivity contribution in [3.05, 3.63) is 0 Å². The maximum Gasteiger partial charge on any atom is 0.406 e. The molecule has 1 aliphatic heterocycles. The Labute approximate surface area is 114 Å². The molecular formula is C11H18F3N3O3. The maximum absolute atomic E-state index is 12.5. The molecule has 1 rings (SSSR count). The number of likely N-dealkylation sites (N-methyl/N-ethyl adjacent to an activating group) is 1. The molecule has 1 heterocycles. The molecule has 0 saturated carbocycles. The summed E-state index contributed by atoms with van der Waals surface area (Å²) in [4.78, 5) is 25.2. The summed E-state index contributed by atoms with van der Waals surface area (Å²) >= 11 is 0. The Hall–Kier alpha value is -1.35. The first kappa shape index (κ1) is 16.7. The fourth-order valence-corrected chi connectivity index (χ4v) is 1.66. The van der Waals surface area contributed by atoms with Gasteiger partial charge in [-0.05, 0) is 0 Å². The monoisotopic (exact) mass is 297 g/mol. The molecule has 0 aromatic rings. The number of hydrogen-bond acceptors (Lipinski definition) is 4. The lowest BCUT2D eigenvalue weighted by molar-refractivity contribution is -0.171. The van der Waals surface area contributed by atoms with Crippen LogP contribution in [0.4, 0.5) is 13.2 Å². The number of alkyl halides is 3. The van der Waals surface area contributed by atoms with Gasteiger partial charge in [0.05, 0.1) is 6.61 Å². The molecule has 9 heteroatoms. The van der Waals surface area contributed by atoms with Crippen molar-refractivity contribution in [1.29, 1.82) is 0 Å². The highest BCUT2D eigenvalue weighted by atomic mass is 19.4. The smallest absolute Gasteiger partial charge is 0.366 e. The zero-order valence-corrected chi connectivity index (χ0v) is 11.4. The highest BCUT2D eigenvalue weighted by Crippen LogP contribution is 2.17. The third kappa shape index (κ3) is 5.33. The summed E-state index contributed by atoms with van der Waals surface area (Å²) in [6.45, 7) is -1.16. The van der Waals surface area contributed by atoms with Gasteiger partial charge in [-0.25, -0.2) is 0 Å². The van der Waals surface area contributed by atoms with Crippen LogP contribution >= 0.6 is 0 Å². The summed E-state index contributed by atoms with van der Waals surface area (Å²) in [6, 6.07) is 0. The second kappa shape index (κ2) is 6.89. The maximum atomic E-state index is 12.5. The van der Waals surface area contributed by atoms with E-state index in [1.54, 1.807) is 0 Å².